The van der Waals surface area contributed by atoms with Crippen molar-refractivity contribution in [2.45, 2.75) is 31.0 Å². The van der Waals surface area contributed by atoms with Crippen LogP contribution in [-0.2, 0) is 21.0 Å². The highest BCUT2D eigenvalue weighted by Gasteiger charge is 2.34. The van der Waals surface area contributed by atoms with Crippen LogP contribution in [0.15, 0.2) is 53.4 Å². The van der Waals surface area contributed by atoms with Crippen molar-refractivity contribution in [2.75, 3.05) is 26.2 Å². The van der Waals surface area contributed by atoms with E-state index in [0.29, 0.717) is 5.75 Å². The number of sulfonamides is 1. The van der Waals surface area contributed by atoms with E-state index in [1.807, 2.05) is 19.1 Å². The zero-order valence-electron chi connectivity index (χ0n) is 17.1. The standard InChI is InChI=1S/C21H23F3N2O4S/c1-15-3-7-18(8-4-15)30-16(2)20(27)25-11-13-26(14-12-25)31(28,29)19-9-5-17(6-10-19)21(22,23)24/h3-10,16H,11-14H2,1-2H3. The Morgan fingerprint density at radius 1 is 0.968 bits per heavy atom. The van der Waals surface area contributed by atoms with E-state index >= 15 is 0 Å². The number of carbonyl (C=O) groups is 1. The van der Waals surface area contributed by atoms with Crippen molar-refractivity contribution >= 4 is 15.9 Å². The molecule has 1 heterocycles. The molecule has 2 aromatic rings. The van der Waals surface area contributed by atoms with Crippen LogP contribution in [0.2, 0.25) is 0 Å². The summed E-state index contributed by atoms with van der Waals surface area (Å²) in [6.45, 7) is 4.00. The molecule has 31 heavy (non-hydrogen) atoms. The third kappa shape index (κ3) is 5.37. The van der Waals surface area contributed by atoms with Gasteiger partial charge in [-0.3, -0.25) is 4.79 Å². The lowest BCUT2D eigenvalue weighted by molar-refractivity contribution is -0.139. The molecule has 1 atom stereocenters. The Balaban J connectivity index is 1.60. The van der Waals surface area contributed by atoms with Crippen molar-refractivity contribution in [1.29, 1.82) is 0 Å². The predicted molar refractivity (Wildman–Crippen MR) is 108 cm³/mol. The molecule has 6 nitrogen and oxygen atoms in total. The molecule has 3 rings (SSSR count). The van der Waals surface area contributed by atoms with Crippen LogP contribution in [-0.4, -0.2) is 55.8 Å². The number of rotatable bonds is 5. The number of amides is 1. The number of carbonyl (C=O) groups excluding carboxylic acids is 1. The van der Waals surface area contributed by atoms with E-state index < -0.39 is 27.9 Å². The van der Waals surface area contributed by atoms with E-state index in [1.54, 1.807) is 19.1 Å². The van der Waals surface area contributed by atoms with E-state index in [0.717, 1.165) is 29.8 Å². The van der Waals surface area contributed by atoms with E-state index in [2.05, 4.69) is 0 Å². The summed E-state index contributed by atoms with van der Waals surface area (Å²) in [6, 6.07) is 10.7. The molecule has 2 aromatic carbocycles. The number of halogens is 3. The van der Waals surface area contributed by atoms with E-state index in [-0.39, 0.29) is 37.0 Å². The summed E-state index contributed by atoms with van der Waals surface area (Å²) in [6.07, 6.45) is -5.27. The van der Waals surface area contributed by atoms with Crippen molar-refractivity contribution in [2.24, 2.45) is 0 Å². The Labute approximate surface area is 179 Å². The van der Waals surface area contributed by atoms with Gasteiger partial charge < -0.3 is 9.64 Å². The number of ether oxygens (including phenoxy) is 1. The van der Waals surface area contributed by atoms with Crippen LogP contribution in [0.5, 0.6) is 5.75 Å². The number of aryl methyl sites for hydroxylation is 1. The van der Waals surface area contributed by atoms with E-state index in [1.165, 1.54) is 9.21 Å². The minimum atomic E-state index is -4.54. The van der Waals surface area contributed by atoms with Gasteiger partial charge in [0.05, 0.1) is 10.5 Å². The Morgan fingerprint density at radius 2 is 1.52 bits per heavy atom. The molecular formula is C21H23F3N2O4S. The minimum absolute atomic E-state index is 0.0480. The molecule has 0 spiro atoms. The molecular weight excluding hydrogens is 433 g/mol. The number of piperazine rings is 1. The SMILES string of the molecule is Cc1ccc(OC(C)C(=O)N2CCN(S(=O)(=O)c3ccc(C(F)(F)F)cc3)CC2)cc1. The molecule has 1 amide bonds. The molecule has 0 N–H and O–H groups in total. The van der Waals surface area contributed by atoms with Crippen LogP contribution in [0.4, 0.5) is 13.2 Å². The molecule has 1 aliphatic rings. The second-order valence-corrected chi connectivity index (χ2v) is 9.26. The second kappa shape index (κ2) is 8.88. The summed E-state index contributed by atoms with van der Waals surface area (Å²) in [5, 5.41) is 0. The number of alkyl halides is 3. The average molecular weight is 456 g/mol. The fraction of sp³-hybridized carbons (Fsp3) is 0.381. The summed E-state index contributed by atoms with van der Waals surface area (Å²) in [5.74, 6) is 0.308. The lowest BCUT2D eigenvalue weighted by atomic mass is 10.2. The van der Waals surface area contributed by atoms with Gasteiger partial charge in [0.2, 0.25) is 10.0 Å². The molecule has 1 fully saturated rings. The third-order valence-electron chi connectivity index (χ3n) is 5.05. The maximum atomic E-state index is 12.7. The highest BCUT2D eigenvalue weighted by atomic mass is 32.2. The van der Waals surface area contributed by atoms with E-state index in [4.69, 9.17) is 4.74 Å². The predicted octanol–water partition coefficient (Wildman–Crippen LogP) is 3.31. The summed E-state index contributed by atoms with van der Waals surface area (Å²) in [5.41, 5.74) is 0.154. The Bertz CT molecular complexity index is 1010. The molecule has 0 saturated carbocycles. The highest BCUT2D eigenvalue weighted by molar-refractivity contribution is 7.89. The number of benzene rings is 2. The fourth-order valence-electron chi connectivity index (χ4n) is 3.24. The van der Waals surface area contributed by atoms with Crippen molar-refractivity contribution < 1.29 is 31.1 Å². The van der Waals surface area contributed by atoms with Crippen LogP contribution in [0, 0.1) is 6.92 Å². The van der Waals surface area contributed by atoms with Crippen LogP contribution in [0.3, 0.4) is 0 Å². The average Bonchev–Trinajstić information content (AvgIpc) is 2.74. The Morgan fingerprint density at radius 3 is 2.03 bits per heavy atom. The molecule has 10 heteroatoms. The van der Waals surface area contributed by atoms with Gasteiger partial charge in [0.15, 0.2) is 6.10 Å². The van der Waals surface area contributed by atoms with Crippen molar-refractivity contribution in [1.82, 2.24) is 9.21 Å². The first-order valence-electron chi connectivity index (χ1n) is 9.68. The normalized spacial score (nSPS) is 16.7. The molecule has 1 saturated heterocycles. The zero-order chi connectivity index (χ0) is 22.8. The topological polar surface area (TPSA) is 66.9 Å². The highest BCUT2D eigenvalue weighted by Crippen LogP contribution is 2.30. The fourth-order valence-corrected chi connectivity index (χ4v) is 4.66. The minimum Gasteiger partial charge on any atom is -0.481 e. The third-order valence-corrected chi connectivity index (χ3v) is 6.96. The molecule has 0 radical (unpaired) electrons. The Kier molecular flexibility index (Phi) is 6.61. The first-order valence-corrected chi connectivity index (χ1v) is 11.1. The summed E-state index contributed by atoms with van der Waals surface area (Å²) >= 11 is 0. The Hall–Kier alpha value is -2.59. The summed E-state index contributed by atoms with van der Waals surface area (Å²) in [7, 11) is -3.95. The van der Waals surface area contributed by atoms with Crippen LogP contribution >= 0.6 is 0 Å². The lowest BCUT2D eigenvalue weighted by Crippen LogP contribution is -2.53. The van der Waals surface area contributed by atoms with Gasteiger partial charge in [0.25, 0.3) is 5.91 Å². The van der Waals surface area contributed by atoms with Crippen LogP contribution < -0.4 is 4.74 Å². The number of hydrogen-bond acceptors (Lipinski definition) is 4. The first-order chi connectivity index (χ1) is 14.5. The number of nitrogens with zero attached hydrogens (tertiary/aromatic N) is 2. The zero-order valence-corrected chi connectivity index (χ0v) is 17.9. The summed E-state index contributed by atoms with van der Waals surface area (Å²) < 4.78 is 70.4. The summed E-state index contributed by atoms with van der Waals surface area (Å²) in [4.78, 5) is 14.0. The molecule has 0 aliphatic carbocycles. The van der Waals surface area contributed by atoms with Gasteiger partial charge in [0, 0.05) is 26.2 Å². The van der Waals surface area contributed by atoms with E-state index in [9.17, 15) is 26.4 Å². The van der Waals surface area contributed by atoms with Crippen LogP contribution in [0.1, 0.15) is 18.1 Å². The van der Waals surface area contributed by atoms with Gasteiger partial charge in [-0.25, -0.2) is 8.42 Å². The van der Waals surface area contributed by atoms with Gasteiger partial charge in [-0.2, -0.15) is 17.5 Å². The maximum absolute atomic E-state index is 12.7. The van der Waals surface area contributed by atoms with Gasteiger partial charge in [-0.1, -0.05) is 17.7 Å². The van der Waals surface area contributed by atoms with Gasteiger partial charge >= 0.3 is 6.18 Å². The second-order valence-electron chi connectivity index (χ2n) is 7.32. The molecule has 1 unspecified atom stereocenters. The smallest absolute Gasteiger partial charge is 0.416 e. The van der Waals surface area contributed by atoms with Crippen molar-refractivity contribution in [3.8, 4) is 5.75 Å². The molecule has 1 aliphatic heterocycles. The molecule has 168 valence electrons. The van der Waals surface area contributed by atoms with Crippen molar-refractivity contribution in [3.63, 3.8) is 0 Å². The van der Waals surface area contributed by atoms with Crippen LogP contribution in [0.25, 0.3) is 0 Å². The number of hydrogen-bond donors (Lipinski definition) is 0. The van der Waals surface area contributed by atoms with Gasteiger partial charge in [-0.15, -0.1) is 0 Å². The maximum Gasteiger partial charge on any atom is 0.416 e. The quantitative estimate of drug-likeness (QED) is 0.693. The van der Waals surface area contributed by atoms with Gasteiger partial charge in [0.1, 0.15) is 5.75 Å². The molecule has 0 aromatic heterocycles. The molecule has 0 bridgehead atoms. The lowest BCUT2D eigenvalue weighted by Gasteiger charge is -2.35. The monoisotopic (exact) mass is 456 g/mol. The van der Waals surface area contributed by atoms with Gasteiger partial charge in [-0.05, 0) is 50.2 Å². The largest absolute Gasteiger partial charge is 0.481 e. The first kappa shape index (κ1) is 23.1. The van der Waals surface area contributed by atoms with Crippen molar-refractivity contribution in [3.05, 3.63) is 59.7 Å².